The Morgan fingerprint density at radius 2 is 2.31 bits per heavy atom. The Labute approximate surface area is 94.2 Å². The molecule has 1 aliphatic heterocycles. The normalized spacial score (nSPS) is 23.2. The highest BCUT2D eigenvalue weighted by Crippen LogP contribution is 2.18. The molecular formula is C9H14N4O2S. The van der Waals surface area contributed by atoms with Crippen LogP contribution in [0.5, 0.6) is 0 Å². The van der Waals surface area contributed by atoms with E-state index in [4.69, 9.17) is 5.73 Å². The number of rotatable bonds is 2. The summed E-state index contributed by atoms with van der Waals surface area (Å²) in [6.45, 7) is 1.85. The maximum absolute atomic E-state index is 11.3. The molecular weight excluding hydrogens is 228 g/mol. The number of aromatic nitrogens is 2. The number of nitrogens with one attached hydrogen (secondary N) is 1. The van der Waals surface area contributed by atoms with E-state index in [1.165, 1.54) is 0 Å². The fourth-order valence-electron chi connectivity index (χ4n) is 1.70. The zero-order valence-electron chi connectivity index (χ0n) is 8.97. The summed E-state index contributed by atoms with van der Waals surface area (Å²) in [4.78, 5) is 7.90. The molecule has 2 rings (SSSR count). The molecule has 0 spiro atoms. The molecule has 0 radical (unpaired) electrons. The van der Waals surface area contributed by atoms with E-state index in [-0.39, 0.29) is 23.5 Å². The topological polar surface area (TPSA) is 98.0 Å². The van der Waals surface area contributed by atoms with Crippen molar-refractivity contribution < 1.29 is 8.42 Å². The predicted molar refractivity (Wildman–Crippen MR) is 61.9 cm³/mol. The second-order valence-electron chi connectivity index (χ2n) is 4.00. The van der Waals surface area contributed by atoms with Crippen LogP contribution in [0.1, 0.15) is 12.0 Å². The van der Waals surface area contributed by atoms with Crippen molar-refractivity contribution in [1.82, 2.24) is 9.97 Å². The summed E-state index contributed by atoms with van der Waals surface area (Å²) in [5, 5.41) is 3.10. The van der Waals surface area contributed by atoms with Gasteiger partial charge in [-0.1, -0.05) is 0 Å². The number of nitrogens with two attached hydrogens (primary N) is 1. The van der Waals surface area contributed by atoms with Crippen LogP contribution in [-0.2, 0) is 9.84 Å². The molecule has 1 atom stereocenters. The van der Waals surface area contributed by atoms with Crippen molar-refractivity contribution in [3.8, 4) is 0 Å². The van der Waals surface area contributed by atoms with Crippen molar-refractivity contribution in [2.45, 2.75) is 19.4 Å². The number of sulfone groups is 1. The van der Waals surface area contributed by atoms with Crippen molar-refractivity contribution in [1.29, 1.82) is 0 Å². The van der Waals surface area contributed by atoms with Gasteiger partial charge in [-0.25, -0.2) is 13.4 Å². The highest BCUT2D eigenvalue weighted by atomic mass is 32.2. The Morgan fingerprint density at radius 1 is 1.56 bits per heavy atom. The summed E-state index contributed by atoms with van der Waals surface area (Å²) in [6, 6.07) is -0.0713. The largest absolute Gasteiger partial charge is 0.368 e. The lowest BCUT2D eigenvalue weighted by molar-refractivity contribution is 0.602. The second-order valence-corrected chi connectivity index (χ2v) is 6.23. The first-order valence-electron chi connectivity index (χ1n) is 5.02. The molecule has 3 N–H and O–H groups in total. The van der Waals surface area contributed by atoms with Gasteiger partial charge in [-0.15, -0.1) is 0 Å². The monoisotopic (exact) mass is 242 g/mol. The van der Waals surface area contributed by atoms with Crippen molar-refractivity contribution >= 4 is 21.6 Å². The van der Waals surface area contributed by atoms with E-state index in [9.17, 15) is 8.42 Å². The Kier molecular flexibility index (Phi) is 2.71. The van der Waals surface area contributed by atoms with Gasteiger partial charge >= 0.3 is 0 Å². The maximum Gasteiger partial charge on any atom is 0.221 e. The summed E-state index contributed by atoms with van der Waals surface area (Å²) in [6.07, 6.45) is 2.24. The van der Waals surface area contributed by atoms with Crippen LogP contribution in [0.4, 0.5) is 11.8 Å². The van der Waals surface area contributed by atoms with Crippen LogP contribution in [-0.4, -0.2) is 35.9 Å². The first-order chi connectivity index (χ1) is 7.46. The highest BCUT2D eigenvalue weighted by molar-refractivity contribution is 7.91. The number of nitrogens with zero attached hydrogens (tertiary/aromatic N) is 2. The molecule has 0 amide bonds. The molecule has 7 heteroatoms. The fraction of sp³-hybridized carbons (Fsp3) is 0.556. The average molecular weight is 242 g/mol. The zero-order chi connectivity index (χ0) is 11.8. The van der Waals surface area contributed by atoms with Crippen LogP contribution in [0.2, 0.25) is 0 Å². The lowest BCUT2D eigenvalue weighted by atomic mass is 10.2. The quantitative estimate of drug-likeness (QED) is 0.755. The lowest BCUT2D eigenvalue weighted by Gasteiger charge is -2.13. The van der Waals surface area contributed by atoms with E-state index < -0.39 is 9.84 Å². The van der Waals surface area contributed by atoms with Gasteiger partial charge in [-0.3, -0.25) is 0 Å². The van der Waals surface area contributed by atoms with Crippen molar-refractivity contribution in [2.75, 3.05) is 22.6 Å². The van der Waals surface area contributed by atoms with Gasteiger partial charge in [0.1, 0.15) is 5.82 Å². The summed E-state index contributed by atoms with van der Waals surface area (Å²) < 4.78 is 22.6. The maximum atomic E-state index is 11.3. The number of aryl methyl sites for hydroxylation is 1. The lowest BCUT2D eigenvalue weighted by Crippen LogP contribution is -2.22. The van der Waals surface area contributed by atoms with Gasteiger partial charge in [0.2, 0.25) is 5.95 Å². The molecule has 1 fully saturated rings. The zero-order valence-corrected chi connectivity index (χ0v) is 9.79. The molecule has 6 nitrogen and oxygen atoms in total. The minimum absolute atomic E-state index is 0.0713. The van der Waals surface area contributed by atoms with E-state index in [0.717, 1.165) is 5.56 Å². The van der Waals surface area contributed by atoms with Gasteiger partial charge in [0.05, 0.1) is 11.5 Å². The Hall–Kier alpha value is -1.37. The summed E-state index contributed by atoms with van der Waals surface area (Å²) in [5.41, 5.74) is 6.33. The number of hydrogen-bond acceptors (Lipinski definition) is 6. The molecule has 16 heavy (non-hydrogen) atoms. The molecule has 1 unspecified atom stereocenters. The van der Waals surface area contributed by atoms with Crippen molar-refractivity contribution in [3.05, 3.63) is 11.8 Å². The van der Waals surface area contributed by atoms with E-state index in [0.29, 0.717) is 12.2 Å². The molecule has 2 heterocycles. The molecule has 0 saturated carbocycles. The fourth-order valence-corrected chi connectivity index (χ4v) is 3.38. The minimum atomic E-state index is -2.88. The molecule has 1 aromatic heterocycles. The summed E-state index contributed by atoms with van der Waals surface area (Å²) in [5.74, 6) is 1.21. The molecule has 0 aliphatic carbocycles. The van der Waals surface area contributed by atoms with Crippen LogP contribution in [0.25, 0.3) is 0 Å². The van der Waals surface area contributed by atoms with Crippen LogP contribution < -0.4 is 11.1 Å². The minimum Gasteiger partial charge on any atom is -0.368 e. The van der Waals surface area contributed by atoms with E-state index in [2.05, 4.69) is 15.3 Å². The SMILES string of the molecule is Cc1cnc(N)nc1NC1CCS(=O)(=O)C1. The van der Waals surface area contributed by atoms with Crippen LogP contribution in [0.15, 0.2) is 6.20 Å². The van der Waals surface area contributed by atoms with Crippen LogP contribution in [0.3, 0.4) is 0 Å². The van der Waals surface area contributed by atoms with Gasteiger partial charge in [0, 0.05) is 17.8 Å². The van der Waals surface area contributed by atoms with Gasteiger partial charge in [0.15, 0.2) is 9.84 Å². The van der Waals surface area contributed by atoms with Gasteiger partial charge in [0.25, 0.3) is 0 Å². The van der Waals surface area contributed by atoms with E-state index >= 15 is 0 Å². The third-order valence-electron chi connectivity index (χ3n) is 2.56. The first-order valence-corrected chi connectivity index (χ1v) is 6.84. The third kappa shape index (κ3) is 2.41. The smallest absolute Gasteiger partial charge is 0.221 e. The van der Waals surface area contributed by atoms with Gasteiger partial charge in [-0.05, 0) is 13.3 Å². The highest BCUT2D eigenvalue weighted by Gasteiger charge is 2.28. The first kappa shape index (κ1) is 11.1. The van der Waals surface area contributed by atoms with Gasteiger partial charge in [-0.2, -0.15) is 4.98 Å². The summed E-state index contributed by atoms with van der Waals surface area (Å²) in [7, 11) is -2.88. The van der Waals surface area contributed by atoms with E-state index in [1.54, 1.807) is 6.20 Å². The molecule has 1 aliphatic rings. The number of nitrogen functional groups attached to an aromatic ring is 1. The van der Waals surface area contributed by atoms with Crippen molar-refractivity contribution in [3.63, 3.8) is 0 Å². The van der Waals surface area contributed by atoms with Crippen LogP contribution in [0, 0.1) is 6.92 Å². The van der Waals surface area contributed by atoms with Crippen LogP contribution >= 0.6 is 0 Å². The molecule has 0 bridgehead atoms. The molecule has 1 saturated heterocycles. The molecule has 0 aromatic carbocycles. The van der Waals surface area contributed by atoms with E-state index in [1.807, 2.05) is 6.92 Å². The number of hydrogen-bond donors (Lipinski definition) is 2. The Morgan fingerprint density at radius 3 is 2.94 bits per heavy atom. The average Bonchev–Trinajstić information content (AvgIpc) is 2.52. The number of anilines is 2. The Balaban J connectivity index is 2.13. The van der Waals surface area contributed by atoms with Crippen molar-refractivity contribution in [2.24, 2.45) is 0 Å². The standard InChI is InChI=1S/C9H14N4O2S/c1-6-4-11-9(10)13-8(6)12-7-2-3-16(14,15)5-7/h4,7H,2-3,5H2,1H3,(H3,10,11,12,13). The third-order valence-corrected chi connectivity index (χ3v) is 4.33. The molecule has 1 aromatic rings. The Bertz CT molecular complexity index is 500. The molecule has 88 valence electrons. The summed E-state index contributed by atoms with van der Waals surface area (Å²) >= 11 is 0. The second kappa shape index (κ2) is 3.89. The van der Waals surface area contributed by atoms with Gasteiger partial charge < -0.3 is 11.1 Å². The predicted octanol–water partition coefficient (Wildman–Crippen LogP) is -0.0338.